The van der Waals surface area contributed by atoms with Crippen molar-refractivity contribution in [2.24, 2.45) is 11.8 Å². The van der Waals surface area contributed by atoms with E-state index in [1.165, 1.54) is 7.11 Å². The summed E-state index contributed by atoms with van der Waals surface area (Å²) in [6.07, 6.45) is 0. The highest BCUT2D eigenvalue weighted by molar-refractivity contribution is 5.92. The summed E-state index contributed by atoms with van der Waals surface area (Å²) < 4.78 is 4.80. The van der Waals surface area contributed by atoms with Gasteiger partial charge in [0.1, 0.15) is 0 Å². The average molecular weight is 290 g/mol. The number of nitrogens with zero attached hydrogens (tertiary/aromatic N) is 1. The molecule has 1 aromatic carbocycles. The first-order valence-corrected chi connectivity index (χ1v) is 7.16. The quantitative estimate of drug-likeness (QED) is 0.857. The molecule has 2 rings (SSSR count). The summed E-state index contributed by atoms with van der Waals surface area (Å²) in [5, 5.41) is 2.89. The molecule has 1 aliphatic rings. The molecule has 0 spiro atoms. The van der Waals surface area contributed by atoms with Gasteiger partial charge in [-0.05, 0) is 30.5 Å². The van der Waals surface area contributed by atoms with Crippen LogP contribution >= 0.6 is 0 Å². The molecule has 0 saturated carbocycles. The largest absolute Gasteiger partial charge is 0.469 e. The minimum atomic E-state index is -0.191. The molecule has 1 aliphatic heterocycles. The Hall–Kier alpha value is -1.88. The minimum Gasteiger partial charge on any atom is -0.469 e. The molecule has 0 bridgehead atoms. The van der Waals surface area contributed by atoms with Crippen LogP contribution in [-0.4, -0.2) is 43.5 Å². The molecular formula is C16H22N2O3. The van der Waals surface area contributed by atoms with E-state index in [1.54, 1.807) is 0 Å². The normalized spacial score (nSPS) is 22.0. The molecule has 2 unspecified atom stereocenters. The molecule has 1 aromatic rings. The van der Waals surface area contributed by atoms with E-state index in [-0.39, 0.29) is 23.7 Å². The van der Waals surface area contributed by atoms with Crippen molar-refractivity contribution in [2.75, 3.05) is 32.1 Å². The zero-order valence-electron chi connectivity index (χ0n) is 12.8. The van der Waals surface area contributed by atoms with Crippen LogP contribution in [0, 0.1) is 18.8 Å². The van der Waals surface area contributed by atoms with Gasteiger partial charge >= 0.3 is 5.97 Å². The topological polar surface area (TPSA) is 58.6 Å². The van der Waals surface area contributed by atoms with Gasteiger partial charge in [-0.2, -0.15) is 0 Å². The monoisotopic (exact) mass is 290 g/mol. The summed E-state index contributed by atoms with van der Waals surface area (Å²) in [4.78, 5) is 25.7. The molecule has 2 atom stereocenters. The van der Waals surface area contributed by atoms with Gasteiger partial charge in [0.2, 0.25) is 5.91 Å². The lowest BCUT2D eigenvalue weighted by Crippen LogP contribution is -2.32. The number of methoxy groups -OCH3 is 1. The van der Waals surface area contributed by atoms with Crippen LogP contribution in [0.5, 0.6) is 0 Å². The van der Waals surface area contributed by atoms with Gasteiger partial charge in [0.25, 0.3) is 0 Å². The van der Waals surface area contributed by atoms with Gasteiger partial charge < -0.3 is 10.1 Å². The lowest BCUT2D eigenvalue weighted by Gasteiger charge is -2.15. The van der Waals surface area contributed by atoms with Gasteiger partial charge in [-0.3, -0.25) is 14.5 Å². The van der Waals surface area contributed by atoms with Crippen LogP contribution < -0.4 is 5.32 Å². The summed E-state index contributed by atoms with van der Waals surface area (Å²) in [5.74, 6) is -0.173. The number of amides is 1. The smallest absolute Gasteiger partial charge is 0.310 e. The van der Waals surface area contributed by atoms with E-state index >= 15 is 0 Å². The third-order valence-corrected chi connectivity index (χ3v) is 3.86. The van der Waals surface area contributed by atoms with E-state index < -0.39 is 0 Å². The van der Waals surface area contributed by atoms with Gasteiger partial charge in [0.15, 0.2) is 0 Å². The highest BCUT2D eigenvalue weighted by Gasteiger charge is 2.36. The maximum absolute atomic E-state index is 12.1. The fraction of sp³-hybridized carbons (Fsp3) is 0.500. The van der Waals surface area contributed by atoms with E-state index in [0.29, 0.717) is 13.1 Å². The Labute approximate surface area is 125 Å². The molecule has 114 valence electrons. The molecule has 21 heavy (non-hydrogen) atoms. The number of hydrogen-bond acceptors (Lipinski definition) is 4. The molecule has 1 heterocycles. The van der Waals surface area contributed by atoms with Crippen LogP contribution in [0.1, 0.15) is 12.5 Å². The number of carbonyl (C=O) groups excluding carboxylic acids is 2. The summed E-state index contributed by atoms with van der Waals surface area (Å²) in [5.41, 5.74) is 1.91. The predicted molar refractivity (Wildman–Crippen MR) is 80.9 cm³/mol. The maximum atomic E-state index is 12.1. The summed E-state index contributed by atoms with van der Waals surface area (Å²) in [6, 6.07) is 7.70. The first-order valence-electron chi connectivity index (χ1n) is 7.16. The lowest BCUT2D eigenvalue weighted by atomic mass is 9.99. The van der Waals surface area contributed by atoms with Gasteiger partial charge in [-0.1, -0.05) is 19.1 Å². The number of hydrogen-bond donors (Lipinski definition) is 1. The van der Waals surface area contributed by atoms with Crippen molar-refractivity contribution < 1.29 is 14.3 Å². The molecule has 0 radical (unpaired) electrons. The fourth-order valence-electron chi connectivity index (χ4n) is 2.78. The van der Waals surface area contributed by atoms with Gasteiger partial charge in [0, 0.05) is 18.8 Å². The zero-order chi connectivity index (χ0) is 15.4. The van der Waals surface area contributed by atoms with Crippen molar-refractivity contribution >= 4 is 17.6 Å². The van der Waals surface area contributed by atoms with E-state index in [9.17, 15) is 9.59 Å². The Morgan fingerprint density at radius 3 is 2.81 bits per heavy atom. The molecule has 1 amide bonds. The molecule has 5 heteroatoms. The number of esters is 1. The molecule has 1 N–H and O–H groups in total. The van der Waals surface area contributed by atoms with Crippen LogP contribution in [0.25, 0.3) is 0 Å². The standard InChI is InChI=1S/C16H22N2O3/c1-11-5-4-6-13(7-11)17-15(19)10-18-8-12(2)14(9-18)16(20)21-3/h4-7,12,14H,8-10H2,1-3H3,(H,17,19). The predicted octanol–water partition coefficient (Wildman–Crippen LogP) is 1.67. The van der Waals surface area contributed by atoms with E-state index in [4.69, 9.17) is 4.74 Å². The van der Waals surface area contributed by atoms with E-state index in [0.717, 1.165) is 17.8 Å². The van der Waals surface area contributed by atoms with E-state index in [1.807, 2.05) is 43.0 Å². The summed E-state index contributed by atoms with van der Waals surface area (Å²) >= 11 is 0. The zero-order valence-corrected chi connectivity index (χ0v) is 12.8. The minimum absolute atomic E-state index is 0.0571. The maximum Gasteiger partial charge on any atom is 0.310 e. The number of carbonyl (C=O) groups is 2. The van der Waals surface area contributed by atoms with Gasteiger partial charge in [-0.15, -0.1) is 0 Å². The number of likely N-dealkylation sites (tertiary alicyclic amines) is 1. The number of benzene rings is 1. The van der Waals surface area contributed by atoms with E-state index in [2.05, 4.69) is 5.32 Å². The Balaban J connectivity index is 1.88. The number of nitrogens with one attached hydrogen (secondary N) is 1. The van der Waals surface area contributed by atoms with Crippen LogP contribution in [0.2, 0.25) is 0 Å². The fourth-order valence-corrected chi connectivity index (χ4v) is 2.78. The molecule has 0 aliphatic carbocycles. The number of rotatable bonds is 4. The molecular weight excluding hydrogens is 268 g/mol. The molecule has 0 aromatic heterocycles. The molecule has 5 nitrogen and oxygen atoms in total. The Morgan fingerprint density at radius 2 is 2.14 bits per heavy atom. The summed E-state index contributed by atoms with van der Waals surface area (Å²) in [7, 11) is 1.40. The van der Waals surface area contributed by atoms with Crippen molar-refractivity contribution in [3.05, 3.63) is 29.8 Å². The van der Waals surface area contributed by atoms with Crippen LogP contribution in [-0.2, 0) is 14.3 Å². The van der Waals surface area contributed by atoms with Crippen LogP contribution in [0.15, 0.2) is 24.3 Å². The van der Waals surface area contributed by atoms with Crippen molar-refractivity contribution in [3.8, 4) is 0 Å². The molecule has 1 fully saturated rings. The first kappa shape index (κ1) is 15.5. The lowest BCUT2D eigenvalue weighted by molar-refractivity contribution is -0.146. The number of aryl methyl sites for hydroxylation is 1. The second kappa shape index (κ2) is 6.72. The average Bonchev–Trinajstić information content (AvgIpc) is 2.78. The first-order chi connectivity index (χ1) is 9.99. The van der Waals surface area contributed by atoms with Crippen molar-refractivity contribution in [3.63, 3.8) is 0 Å². The van der Waals surface area contributed by atoms with Crippen molar-refractivity contribution in [1.82, 2.24) is 4.90 Å². The van der Waals surface area contributed by atoms with Crippen molar-refractivity contribution in [2.45, 2.75) is 13.8 Å². The van der Waals surface area contributed by atoms with Gasteiger partial charge in [-0.25, -0.2) is 0 Å². The Bertz CT molecular complexity index is 530. The summed E-state index contributed by atoms with van der Waals surface area (Å²) in [6.45, 7) is 5.61. The third kappa shape index (κ3) is 4.04. The Morgan fingerprint density at radius 1 is 1.38 bits per heavy atom. The Kier molecular flexibility index (Phi) is 4.96. The second-order valence-electron chi connectivity index (χ2n) is 5.72. The molecule has 1 saturated heterocycles. The van der Waals surface area contributed by atoms with Crippen LogP contribution in [0.4, 0.5) is 5.69 Å². The van der Waals surface area contributed by atoms with Crippen LogP contribution in [0.3, 0.4) is 0 Å². The van der Waals surface area contributed by atoms with Gasteiger partial charge in [0.05, 0.1) is 19.6 Å². The highest BCUT2D eigenvalue weighted by atomic mass is 16.5. The second-order valence-corrected chi connectivity index (χ2v) is 5.72. The van der Waals surface area contributed by atoms with Crippen molar-refractivity contribution in [1.29, 1.82) is 0 Å². The third-order valence-electron chi connectivity index (χ3n) is 3.86. The highest BCUT2D eigenvalue weighted by Crippen LogP contribution is 2.23. The SMILES string of the molecule is COC(=O)C1CN(CC(=O)Nc2cccc(C)c2)CC1C. The number of anilines is 1. The number of ether oxygens (including phenoxy) is 1.